The van der Waals surface area contributed by atoms with Gasteiger partial charge in [-0.3, -0.25) is 9.59 Å². The van der Waals surface area contributed by atoms with Crippen LogP contribution in [-0.4, -0.2) is 28.7 Å². The molecule has 1 aromatic heterocycles. The number of carbonyl (C=O) groups is 1. The summed E-state index contributed by atoms with van der Waals surface area (Å²) in [6.07, 6.45) is 2.84. The van der Waals surface area contributed by atoms with Crippen molar-refractivity contribution in [2.45, 2.75) is 25.3 Å². The Morgan fingerprint density at radius 1 is 1.50 bits per heavy atom. The van der Waals surface area contributed by atoms with Crippen molar-refractivity contribution in [2.24, 2.45) is 0 Å². The molecule has 16 heavy (non-hydrogen) atoms. The molecule has 86 valence electrons. The maximum Gasteiger partial charge on any atom is 0.264 e. The maximum absolute atomic E-state index is 11.4. The number of carbonyl (C=O) groups excluding carboxylic acids is 1. The van der Waals surface area contributed by atoms with E-state index in [4.69, 9.17) is 0 Å². The van der Waals surface area contributed by atoms with Gasteiger partial charge in [0.1, 0.15) is 0 Å². The number of H-pyrrole nitrogens is 1. The maximum atomic E-state index is 11.4. The van der Waals surface area contributed by atoms with Crippen molar-refractivity contribution in [3.63, 3.8) is 0 Å². The summed E-state index contributed by atoms with van der Waals surface area (Å²) in [5.41, 5.74) is -0.284. The topological polar surface area (TPSA) is 86.9 Å². The van der Waals surface area contributed by atoms with E-state index in [-0.39, 0.29) is 11.5 Å². The predicted octanol–water partition coefficient (Wildman–Crippen LogP) is -0.150. The van der Waals surface area contributed by atoms with Gasteiger partial charge in [-0.25, -0.2) is 5.10 Å². The summed E-state index contributed by atoms with van der Waals surface area (Å²) in [4.78, 5) is 22.1. The van der Waals surface area contributed by atoms with Crippen LogP contribution in [0.4, 0.5) is 5.82 Å². The van der Waals surface area contributed by atoms with Gasteiger partial charge in [0, 0.05) is 25.1 Å². The fourth-order valence-corrected chi connectivity index (χ4v) is 1.30. The average molecular weight is 222 g/mol. The van der Waals surface area contributed by atoms with E-state index in [1.165, 1.54) is 25.0 Å². The first-order valence-electron chi connectivity index (χ1n) is 5.33. The van der Waals surface area contributed by atoms with E-state index in [1.807, 2.05) is 0 Å². The van der Waals surface area contributed by atoms with Crippen LogP contribution in [0.2, 0.25) is 0 Å². The molecule has 0 unspecified atom stereocenters. The van der Waals surface area contributed by atoms with Gasteiger partial charge >= 0.3 is 0 Å². The Kier molecular flexibility index (Phi) is 3.31. The lowest BCUT2D eigenvalue weighted by atomic mass is 10.4. The van der Waals surface area contributed by atoms with Gasteiger partial charge in [0.25, 0.3) is 5.56 Å². The smallest absolute Gasteiger partial charge is 0.264 e. The van der Waals surface area contributed by atoms with E-state index in [0.29, 0.717) is 24.8 Å². The van der Waals surface area contributed by atoms with Gasteiger partial charge in [0.2, 0.25) is 5.91 Å². The van der Waals surface area contributed by atoms with Crippen LogP contribution in [0.3, 0.4) is 0 Å². The number of aromatic amines is 1. The lowest BCUT2D eigenvalue weighted by Gasteiger charge is -2.04. The Labute approximate surface area is 92.4 Å². The molecule has 0 aromatic carbocycles. The molecular formula is C10H14N4O2. The number of anilines is 1. The summed E-state index contributed by atoms with van der Waals surface area (Å²) in [6.45, 7) is 0.680. The number of amides is 1. The van der Waals surface area contributed by atoms with Crippen molar-refractivity contribution in [1.82, 2.24) is 15.5 Å². The second kappa shape index (κ2) is 4.89. The van der Waals surface area contributed by atoms with E-state index in [0.717, 1.165) is 0 Å². The number of hydrogen-bond acceptors (Lipinski definition) is 4. The molecule has 1 fully saturated rings. The van der Waals surface area contributed by atoms with Gasteiger partial charge in [-0.15, -0.1) is 0 Å². The van der Waals surface area contributed by atoms with E-state index >= 15 is 0 Å². The number of nitrogens with zero attached hydrogens (tertiary/aromatic N) is 1. The molecule has 6 heteroatoms. The highest BCUT2D eigenvalue weighted by molar-refractivity contribution is 5.89. The molecule has 0 bridgehead atoms. The standard InChI is InChI=1S/C10H14N4O2/c15-9(5-6-11-7-1-2-7)12-8-3-4-10(16)14-13-8/h3-4,7,11H,1-2,5-6H2,(H,14,16)(H,12,13,15). The van der Waals surface area contributed by atoms with Crippen molar-refractivity contribution in [3.05, 3.63) is 22.5 Å². The van der Waals surface area contributed by atoms with Crippen LogP contribution in [0.1, 0.15) is 19.3 Å². The number of aromatic nitrogens is 2. The summed E-state index contributed by atoms with van der Waals surface area (Å²) >= 11 is 0. The normalized spacial score (nSPS) is 14.8. The summed E-state index contributed by atoms with van der Waals surface area (Å²) in [7, 11) is 0. The van der Waals surface area contributed by atoms with Crippen molar-refractivity contribution in [1.29, 1.82) is 0 Å². The van der Waals surface area contributed by atoms with E-state index in [9.17, 15) is 9.59 Å². The molecule has 1 aliphatic rings. The van der Waals surface area contributed by atoms with E-state index < -0.39 is 0 Å². The largest absolute Gasteiger partial charge is 0.313 e. The van der Waals surface area contributed by atoms with Gasteiger partial charge in [-0.05, 0) is 18.9 Å². The monoisotopic (exact) mass is 222 g/mol. The van der Waals surface area contributed by atoms with E-state index in [2.05, 4.69) is 20.8 Å². The first-order chi connectivity index (χ1) is 7.74. The molecule has 1 amide bonds. The fourth-order valence-electron chi connectivity index (χ4n) is 1.30. The molecule has 0 radical (unpaired) electrons. The van der Waals surface area contributed by atoms with Crippen molar-refractivity contribution in [3.8, 4) is 0 Å². The lowest BCUT2D eigenvalue weighted by molar-refractivity contribution is -0.116. The predicted molar refractivity (Wildman–Crippen MR) is 59.1 cm³/mol. The highest BCUT2D eigenvalue weighted by Crippen LogP contribution is 2.18. The van der Waals surface area contributed by atoms with Gasteiger partial charge in [0.05, 0.1) is 0 Å². The minimum absolute atomic E-state index is 0.104. The summed E-state index contributed by atoms with van der Waals surface area (Å²) in [5.74, 6) is 0.267. The van der Waals surface area contributed by atoms with Gasteiger partial charge in [-0.2, -0.15) is 5.10 Å². The Balaban J connectivity index is 1.72. The summed E-state index contributed by atoms with van der Waals surface area (Å²) < 4.78 is 0. The second-order valence-electron chi connectivity index (χ2n) is 3.83. The zero-order valence-corrected chi connectivity index (χ0v) is 8.82. The lowest BCUT2D eigenvalue weighted by Crippen LogP contribution is -2.23. The number of nitrogens with one attached hydrogen (secondary N) is 3. The average Bonchev–Trinajstić information content (AvgIpc) is 3.05. The molecule has 1 aliphatic carbocycles. The molecule has 2 rings (SSSR count). The molecule has 1 saturated carbocycles. The quantitative estimate of drug-likeness (QED) is 0.646. The van der Waals surface area contributed by atoms with Crippen LogP contribution >= 0.6 is 0 Å². The van der Waals surface area contributed by atoms with Crippen LogP contribution in [0, 0.1) is 0 Å². The second-order valence-corrected chi connectivity index (χ2v) is 3.83. The Hall–Kier alpha value is -1.69. The molecule has 0 saturated heterocycles. The zero-order valence-electron chi connectivity index (χ0n) is 8.82. The molecule has 3 N–H and O–H groups in total. The third-order valence-electron chi connectivity index (χ3n) is 2.31. The fraction of sp³-hybridized carbons (Fsp3) is 0.500. The minimum atomic E-state index is -0.284. The number of hydrogen-bond donors (Lipinski definition) is 3. The molecule has 1 aromatic rings. The van der Waals surface area contributed by atoms with Crippen molar-refractivity contribution < 1.29 is 4.79 Å². The van der Waals surface area contributed by atoms with Crippen molar-refractivity contribution >= 4 is 11.7 Å². The minimum Gasteiger partial charge on any atom is -0.313 e. The molecule has 1 heterocycles. The van der Waals surface area contributed by atoms with Crippen LogP contribution < -0.4 is 16.2 Å². The number of rotatable bonds is 5. The van der Waals surface area contributed by atoms with E-state index in [1.54, 1.807) is 0 Å². The Morgan fingerprint density at radius 2 is 2.31 bits per heavy atom. The van der Waals surface area contributed by atoms with Gasteiger partial charge in [-0.1, -0.05) is 0 Å². The third-order valence-corrected chi connectivity index (χ3v) is 2.31. The van der Waals surface area contributed by atoms with Crippen LogP contribution in [0.15, 0.2) is 16.9 Å². The first kappa shape index (κ1) is 10.8. The summed E-state index contributed by atoms with van der Waals surface area (Å²) in [6, 6.07) is 3.41. The highest BCUT2D eigenvalue weighted by Gasteiger charge is 2.20. The SMILES string of the molecule is O=C(CCNC1CC1)Nc1ccc(=O)[nH]n1. The van der Waals surface area contributed by atoms with Crippen molar-refractivity contribution in [2.75, 3.05) is 11.9 Å². The molecule has 6 nitrogen and oxygen atoms in total. The molecule has 0 atom stereocenters. The third kappa shape index (κ3) is 3.47. The van der Waals surface area contributed by atoms with Crippen LogP contribution in [0.25, 0.3) is 0 Å². The molecule has 0 spiro atoms. The molecule has 0 aliphatic heterocycles. The Bertz CT molecular complexity index is 405. The molecular weight excluding hydrogens is 208 g/mol. The first-order valence-corrected chi connectivity index (χ1v) is 5.33. The highest BCUT2D eigenvalue weighted by atomic mass is 16.1. The Morgan fingerprint density at radius 3 is 2.94 bits per heavy atom. The zero-order chi connectivity index (χ0) is 11.4. The summed E-state index contributed by atoms with van der Waals surface area (Å²) in [5, 5.41) is 11.8. The van der Waals surface area contributed by atoms with Crippen LogP contribution in [-0.2, 0) is 4.79 Å². The van der Waals surface area contributed by atoms with Crippen LogP contribution in [0.5, 0.6) is 0 Å². The van der Waals surface area contributed by atoms with Gasteiger partial charge in [0.15, 0.2) is 5.82 Å². The van der Waals surface area contributed by atoms with Gasteiger partial charge < -0.3 is 10.6 Å².